The molecule has 0 N–H and O–H groups in total. The zero-order valence-electron chi connectivity index (χ0n) is 21.7. The van der Waals surface area contributed by atoms with Gasteiger partial charge in [0.2, 0.25) is 0 Å². The fourth-order valence-electron chi connectivity index (χ4n) is 6.60. The molecule has 0 amide bonds. The highest BCUT2D eigenvalue weighted by molar-refractivity contribution is 6.32. The van der Waals surface area contributed by atoms with Crippen LogP contribution >= 0.6 is 11.6 Å². The number of Topliss-reactive ketones (excluding diaryl/α,β-unsaturated/α-hetero) is 3. The summed E-state index contributed by atoms with van der Waals surface area (Å²) in [6.07, 6.45) is 3.82. The number of rotatable bonds is 3. The Bertz CT molecular complexity index is 1510. The number of carbonyl (C=O) groups is 3. The van der Waals surface area contributed by atoms with E-state index in [2.05, 4.69) is 0 Å². The van der Waals surface area contributed by atoms with Crippen molar-refractivity contribution in [3.05, 3.63) is 100 Å². The van der Waals surface area contributed by atoms with E-state index in [1.54, 1.807) is 37.4 Å². The van der Waals surface area contributed by atoms with Gasteiger partial charge < -0.3 is 9.64 Å². The summed E-state index contributed by atoms with van der Waals surface area (Å²) in [6, 6.07) is 18.5. The van der Waals surface area contributed by atoms with Crippen LogP contribution in [-0.2, 0) is 4.79 Å². The highest BCUT2D eigenvalue weighted by atomic mass is 35.5. The monoisotopic (exact) mass is 525 g/mol. The second-order valence-electron chi connectivity index (χ2n) is 11.3. The summed E-state index contributed by atoms with van der Waals surface area (Å²) in [4.78, 5) is 45.5. The molecule has 38 heavy (non-hydrogen) atoms. The molecule has 0 bridgehead atoms. The molecular weight excluding hydrogens is 498 g/mol. The Morgan fingerprint density at radius 2 is 1.63 bits per heavy atom. The molecule has 3 aromatic rings. The lowest BCUT2D eigenvalue weighted by Crippen LogP contribution is -2.49. The number of benzene rings is 3. The van der Waals surface area contributed by atoms with Crippen molar-refractivity contribution < 1.29 is 19.1 Å². The van der Waals surface area contributed by atoms with Crippen LogP contribution in [0.25, 0.3) is 6.08 Å². The minimum absolute atomic E-state index is 0.0417. The lowest BCUT2D eigenvalue weighted by atomic mass is 9.63. The molecule has 6 heteroatoms. The molecule has 2 heterocycles. The van der Waals surface area contributed by atoms with Crippen LogP contribution in [0.1, 0.15) is 58.5 Å². The molecule has 1 saturated heterocycles. The number of ketones is 3. The summed E-state index contributed by atoms with van der Waals surface area (Å²) in [6.45, 7) is 5.65. The van der Waals surface area contributed by atoms with Gasteiger partial charge in [-0.15, -0.1) is 0 Å². The molecule has 3 aromatic carbocycles. The molecule has 0 radical (unpaired) electrons. The Hall–Kier alpha value is -3.70. The number of ether oxygens (including phenoxy) is 1. The molecule has 6 rings (SSSR count). The average molecular weight is 526 g/mol. The van der Waals surface area contributed by atoms with Crippen molar-refractivity contribution in [1.82, 2.24) is 0 Å². The van der Waals surface area contributed by atoms with Crippen molar-refractivity contribution in [2.24, 2.45) is 10.8 Å². The third-order valence-electron chi connectivity index (χ3n) is 8.23. The summed E-state index contributed by atoms with van der Waals surface area (Å²) in [5.41, 5.74) is 0.912. The second kappa shape index (κ2) is 8.40. The highest BCUT2D eigenvalue weighted by Crippen LogP contribution is 2.61. The van der Waals surface area contributed by atoms with Crippen LogP contribution in [0.2, 0.25) is 5.02 Å². The molecule has 3 atom stereocenters. The van der Waals surface area contributed by atoms with E-state index in [0.717, 1.165) is 16.8 Å². The predicted octanol–water partition coefficient (Wildman–Crippen LogP) is 6.40. The van der Waals surface area contributed by atoms with Gasteiger partial charge in [-0.2, -0.15) is 0 Å². The topological polar surface area (TPSA) is 63.7 Å². The molecule has 1 fully saturated rings. The Morgan fingerprint density at radius 1 is 0.947 bits per heavy atom. The number of anilines is 1. The summed E-state index contributed by atoms with van der Waals surface area (Å²) in [5.74, 6) is -0.671. The fraction of sp³-hybridized carbons (Fsp3) is 0.281. The first kappa shape index (κ1) is 24.6. The first-order valence-corrected chi connectivity index (χ1v) is 13.1. The van der Waals surface area contributed by atoms with Crippen molar-refractivity contribution in [1.29, 1.82) is 0 Å². The molecule has 3 aliphatic rings. The Labute approximate surface area is 227 Å². The van der Waals surface area contributed by atoms with Gasteiger partial charge in [-0.3, -0.25) is 14.4 Å². The van der Waals surface area contributed by atoms with Gasteiger partial charge in [0.25, 0.3) is 0 Å². The number of halogens is 1. The third kappa shape index (κ3) is 3.21. The minimum Gasteiger partial charge on any atom is -0.497 e. The zero-order valence-corrected chi connectivity index (χ0v) is 22.5. The van der Waals surface area contributed by atoms with E-state index in [0.29, 0.717) is 21.9 Å². The van der Waals surface area contributed by atoms with E-state index in [4.69, 9.17) is 16.3 Å². The van der Waals surface area contributed by atoms with Crippen molar-refractivity contribution in [3.8, 4) is 5.75 Å². The van der Waals surface area contributed by atoms with Gasteiger partial charge in [-0.1, -0.05) is 80.9 Å². The molecule has 192 valence electrons. The van der Waals surface area contributed by atoms with Gasteiger partial charge >= 0.3 is 0 Å². The Balaban J connectivity index is 1.70. The van der Waals surface area contributed by atoms with Crippen LogP contribution in [0.4, 0.5) is 5.69 Å². The lowest BCUT2D eigenvalue weighted by Gasteiger charge is -2.38. The summed E-state index contributed by atoms with van der Waals surface area (Å²) in [5, 5.41) is 0.573. The molecule has 2 aliphatic heterocycles. The van der Waals surface area contributed by atoms with Crippen LogP contribution in [0.3, 0.4) is 0 Å². The highest BCUT2D eigenvalue weighted by Gasteiger charge is 2.71. The van der Waals surface area contributed by atoms with Crippen molar-refractivity contribution in [2.75, 3.05) is 12.0 Å². The standard InChI is InChI=1S/C32H28ClNO4/c1-31(2,3)30(37)27-26(19-8-7-9-21(17-19)38-4)32(28(35)22-10-5-6-11-23(22)29(32)36)25-15-12-18-16-20(33)13-14-24(18)34(25)27/h5-17,25-27H,1-4H3/t25?,26-,27+/m0/s1. The van der Waals surface area contributed by atoms with Crippen molar-refractivity contribution in [3.63, 3.8) is 0 Å². The zero-order chi connectivity index (χ0) is 27.0. The van der Waals surface area contributed by atoms with Gasteiger partial charge in [-0.25, -0.2) is 0 Å². The van der Waals surface area contributed by atoms with Gasteiger partial charge in [0.1, 0.15) is 11.2 Å². The molecule has 1 unspecified atom stereocenters. The smallest absolute Gasteiger partial charge is 0.180 e. The summed E-state index contributed by atoms with van der Waals surface area (Å²) < 4.78 is 5.54. The molecule has 1 spiro atoms. The Kier molecular flexibility index (Phi) is 5.45. The van der Waals surface area contributed by atoms with Gasteiger partial charge in [0.15, 0.2) is 17.3 Å². The van der Waals surface area contributed by atoms with E-state index >= 15 is 0 Å². The van der Waals surface area contributed by atoms with E-state index in [9.17, 15) is 14.4 Å². The maximum atomic E-state index is 14.6. The predicted molar refractivity (Wildman–Crippen MR) is 148 cm³/mol. The van der Waals surface area contributed by atoms with Crippen LogP contribution < -0.4 is 9.64 Å². The van der Waals surface area contributed by atoms with Crippen molar-refractivity contribution >= 4 is 40.7 Å². The molecule has 1 aliphatic carbocycles. The third-order valence-corrected chi connectivity index (χ3v) is 8.46. The van der Waals surface area contributed by atoms with E-state index < -0.39 is 28.8 Å². The quantitative estimate of drug-likeness (QED) is 0.370. The van der Waals surface area contributed by atoms with Crippen molar-refractivity contribution in [2.45, 2.75) is 38.8 Å². The number of hydrogen-bond acceptors (Lipinski definition) is 5. The molecule has 0 aromatic heterocycles. The number of hydrogen-bond donors (Lipinski definition) is 0. The van der Waals surface area contributed by atoms with E-state index in [1.165, 1.54) is 0 Å². The summed E-state index contributed by atoms with van der Waals surface area (Å²) >= 11 is 6.34. The maximum absolute atomic E-state index is 14.6. The number of carbonyl (C=O) groups excluding carboxylic acids is 3. The van der Waals surface area contributed by atoms with Crippen LogP contribution in [0, 0.1) is 10.8 Å². The van der Waals surface area contributed by atoms with Gasteiger partial charge in [0, 0.05) is 33.2 Å². The normalized spacial score (nSPS) is 22.9. The number of nitrogens with zero attached hydrogens (tertiary/aromatic N) is 1. The molecule has 0 saturated carbocycles. The van der Waals surface area contributed by atoms with Crippen LogP contribution in [0.15, 0.2) is 72.8 Å². The fourth-order valence-corrected chi connectivity index (χ4v) is 6.78. The van der Waals surface area contributed by atoms with Crippen LogP contribution in [0.5, 0.6) is 5.75 Å². The van der Waals surface area contributed by atoms with E-state index in [-0.39, 0.29) is 17.3 Å². The Morgan fingerprint density at radius 3 is 2.26 bits per heavy atom. The largest absolute Gasteiger partial charge is 0.497 e. The maximum Gasteiger partial charge on any atom is 0.180 e. The van der Waals surface area contributed by atoms with Gasteiger partial charge in [-0.05, 0) is 41.5 Å². The molecular formula is C32H28ClNO4. The number of methoxy groups -OCH3 is 1. The lowest BCUT2D eigenvalue weighted by molar-refractivity contribution is -0.127. The van der Waals surface area contributed by atoms with Gasteiger partial charge in [0.05, 0.1) is 19.2 Å². The minimum atomic E-state index is -1.52. The van der Waals surface area contributed by atoms with Crippen LogP contribution in [-0.4, -0.2) is 36.5 Å². The number of fused-ring (bicyclic) bond motifs is 5. The summed E-state index contributed by atoms with van der Waals surface area (Å²) in [7, 11) is 1.58. The first-order chi connectivity index (χ1) is 18.1. The molecule has 5 nitrogen and oxygen atoms in total. The van der Waals surface area contributed by atoms with E-state index in [1.807, 2.05) is 74.2 Å². The first-order valence-electron chi connectivity index (χ1n) is 12.7. The second-order valence-corrected chi connectivity index (χ2v) is 11.7. The SMILES string of the molecule is COc1cccc([C@H]2[C@H](C(=O)C(C)(C)C)N3c4ccc(Cl)cc4C=CC3C23C(=O)c2ccccc2C3=O)c1. The average Bonchev–Trinajstić information content (AvgIpc) is 3.33.